The topological polar surface area (TPSA) is 62.1 Å². The van der Waals surface area contributed by atoms with Crippen molar-refractivity contribution in [1.29, 1.82) is 0 Å². The number of alkyl halides is 3. The quantitative estimate of drug-likeness (QED) is 0.618. The molecular weight excluding hydrogens is 373 g/mol. The molecule has 3 aromatic rings. The number of halogens is 4. The van der Waals surface area contributed by atoms with Gasteiger partial charge in [-0.3, -0.25) is 4.68 Å². The van der Waals surface area contributed by atoms with Gasteiger partial charge < -0.3 is 9.47 Å². The third kappa shape index (κ3) is 4.16. The normalized spacial score (nSPS) is 11.7. The number of hydrogen-bond acceptors (Lipinski definition) is 5. The van der Waals surface area contributed by atoms with Crippen LogP contribution in [0, 0.1) is 0 Å². The van der Waals surface area contributed by atoms with Gasteiger partial charge in [0, 0.05) is 18.4 Å². The minimum absolute atomic E-state index is 0.0482. The number of rotatable bonds is 6. The lowest BCUT2D eigenvalue weighted by molar-refractivity contribution is -0.135. The predicted octanol–water partition coefficient (Wildman–Crippen LogP) is 4.62. The standard InChI is InChI=1S/C16H14ClF3N4O2/c1-25-10-8-21-15(22-9-10)26-12-5-2-4-11-13(12)24(23-14(11)17)7-3-6-16(18,19)20/h2,4-5,8-9H,3,6-7H2,1H3. The second kappa shape index (κ2) is 7.36. The molecule has 2 aromatic heterocycles. The summed E-state index contributed by atoms with van der Waals surface area (Å²) in [6.45, 7) is 0.0482. The van der Waals surface area contributed by atoms with E-state index in [4.69, 9.17) is 21.1 Å². The predicted molar refractivity (Wildman–Crippen MR) is 88.7 cm³/mol. The van der Waals surface area contributed by atoms with E-state index in [1.54, 1.807) is 18.2 Å². The van der Waals surface area contributed by atoms with E-state index in [1.165, 1.54) is 24.2 Å². The van der Waals surface area contributed by atoms with Gasteiger partial charge in [0.25, 0.3) is 0 Å². The Hall–Kier alpha value is -2.55. The molecule has 0 radical (unpaired) electrons. The van der Waals surface area contributed by atoms with Gasteiger partial charge in [-0.25, -0.2) is 0 Å². The van der Waals surface area contributed by atoms with Gasteiger partial charge in [-0.05, 0) is 18.6 Å². The first-order valence-electron chi connectivity index (χ1n) is 7.63. The molecule has 0 aliphatic rings. The van der Waals surface area contributed by atoms with Gasteiger partial charge in [0.2, 0.25) is 0 Å². The van der Waals surface area contributed by atoms with Crippen molar-refractivity contribution >= 4 is 22.5 Å². The van der Waals surface area contributed by atoms with Crippen LogP contribution in [-0.2, 0) is 6.54 Å². The van der Waals surface area contributed by atoms with E-state index in [2.05, 4.69) is 15.1 Å². The molecule has 26 heavy (non-hydrogen) atoms. The van der Waals surface area contributed by atoms with Crippen molar-refractivity contribution in [2.24, 2.45) is 0 Å². The van der Waals surface area contributed by atoms with Gasteiger partial charge >= 0.3 is 12.2 Å². The molecule has 0 N–H and O–H groups in total. The average Bonchev–Trinajstić information content (AvgIpc) is 2.92. The van der Waals surface area contributed by atoms with Crippen LogP contribution in [0.5, 0.6) is 17.5 Å². The Bertz CT molecular complexity index is 897. The Morgan fingerprint density at radius 2 is 1.92 bits per heavy atom. The summed E-state index contributed by atoms with van der Waals surface area (Å²) in [5.74, 6) is 0.815. The highest BCUT2D eigenvalue weighted by Crippen LogP contribution is 2.33. The zero-order valence-corrected chi connectivity index (χ0v) is 14.4. The highest BCUT2D eigenvalue weighted by atomic mass is 35.5. The van der Waals surface area contributed by atoms with Gasteiger partial charge in [-0.15, -0.1) is 0 Å². The fourth-order valence-corrected chi connectivity index (χ4v) is 2.64. The molecule has 1 aromatic carbocycles. The van der Waals surface area contributed by atoms with E-state index in [9.17, 15) is 13.2 Å². The van der Waals surface area contributed by atoms with Crippen molar-refractivity contribution in [2.75, 3.05) is 7.11 Å². The first kappa shape index (κ1) is 18.2. The smallest absolute Gasteiger partial charge is 0.389 e. The van der Waals surface area contributed by atoms with Crippen molar-refractivity contribution in [3.63, 3.8) is 0 Å². The summed E-state index contributed by atoms with van der Waals surface area (Å²) in [5, 5.41) is 4.87. The summed E-state index contributed by atoms with van der Waals surface area (Å²) in [4.78, 5) is 8.03. The lowest BCUT2D eigenvalue weighted by Crippen LogP contribution is -2.10. The van der Waals surface area contributed by atoms with E-state index in [0.29, 0.717) is 22.4 Å². The third-order valence-corrected chi connectivity index (χ3v) is 3.84. The summed E-state index contributed by atoms with van der Waals surface area (Å²) in [5.41, 5.74) is 0.485. The molecule has 0 atom stereocenters. The van der Waals surface area contributed by atoms with Gasteiger partial charge in [0.15, 0.2) is 16.7 Å². The molecule has 6 nitrogen and oxygen atoms in total. The van der Waals surface area contributed by atoms with E-state index >= 15 is 0 Å². The molecule has 0 spiro atoms. The number of fused-ring (bicyclic) bond motifs is 1. The summed E-state index contributed by atoms with van der Waals surface area (Å²) in [6, 6.07) is 5.13. The number of methoxy groups -OCH3 is 1. The summed E-state index contributed by atoms with van der Waals surface area (Å²) in [6.07, 6.45) is -2.37. The fraction of sp³-hybridized carbons (Fsp3) is 0.312. The zero-order valence-electron chi connectivity index (χ0n) is 13.6. The lowest BCUT2D eigenvalue weighted by atomic mass is 10.2. The Labute approximate surface area is 151 Å². The molecule has 0 aliphatic heterocycles. The molecule has 138 valence electrons. The summed E-state index contributed by atoms with van der Waals surface area (Å²) in [7, 11) is 1.49. The molecule has 2 heterocycles. The molecule has 3 rings (SSSR count). The SMILES string of the molecule is COc1cnc(Oc2cccc3c(Cl)nn(CCCC(F)(F)F)c23)nc1. The minimum atomic E-state index is -4.22. The van der Waals surface area contributed by atoms with Gasteiger partial charge in [0.1, 0.15) is 5.52 Å². The van der Waals surface area contributed by atoms with Crippen molar-refractivity contribution in [1.82, 2.24) is 19.7 Å². The van der Waals surface area contributed by atoms with E-state index in [-0.39, 0.29) is 24.1 Å². The lowest BCUT2D eigenvalue weighted by Gasteiger charge is -2.10. The number of hydrogen-bond donors (Lipinski definition) is 0. The second-order valence-electron chi connectivity index (χ2n) is 5.39. The van der Waals surface area contributed by atoms with Crippen molar-refractivity contribution in [3.05, 3.63) is 35.7 Å². The number of benzene rings is 1. The maximum absolute atomic E-state index is 12.4. The molecule has 0 bridgehead atoms. The van der Waals surface area contributed by atoms with Gasteiger partial charge in [-0.2, -0.15) is 28.2 Å². The van der Waals surface area contributed by atoms with Crippen LogP contribution in [0.25, 0.3) is 10.9 Å². The zero-order chi connectivity index (χ0) is 18.7. The number of aromatic nitrogens is 4. The van der Waals surface area contributed by atoms with Crippen LogP contribution in [0.15, 0.2) is 30.6 Å². The van der Waals surface area contributed by atoms with Crippen LogP contribution in [0.4, 0.5) is 13.2 Å². The largest absolute Gasteiger partial charge is 0.494 e. The first-order chi connectivity index (χ1) is 12.4. The second-order valence-corrected chi connectivity index (χ2v) is 5.75. The van der Waals surface area contributed by atoms with Gasteiger partial charge in [-0.1, -0.05) is 17.7 Å². The van der Waals surface area contributed by atoms with Crippen LogP contribution in [0.2, 0.25) is 5.15 Å². The Kier molecular flexibility index (Phi) is 5.17. The van der Waals surface area contributed by atoms with Crippen molar-refractivity contribution in [2.45, 2.75) is 25.6 Å². The monoisotopic (exact) mass is 386 g/mol. The van der Waals surface area contributed by atoms with Crippen LogP contribution in [0.3, 0.4) is 0 Å². The Morgan fingerprint density at radius 1 is 1.19 bits per heavy atom. The Balaban J connectivity index is 1.89. The van der Waals surface area contributed by atoms with Crippen molar-refractivity contribution in [3.8, 4) is 17.5 Å². The average molecular weight is 387 g/mol. The summed E-state index contributed by atoms with van der Waals surface area (Å²) >= 11 is 6.10. The number of nitrogens with zero attached hydrogens (tertiary/aromatic N) is 4. The molecular formula is C16H14ClF3N4O2. The third-order valence-electron chi connectivity index (χ3n) is 3.56. The highest BCUT2D eigenvalue weighted by Gasteiger charge is 2.26. The van der Waals surface area contributed by atoms with Gasteiger partial charge in [0.05, 0.1) is 19.5 Å². The molecule has 0 aliphatic carbocycles. The minimum Gasteiger partial charge on any atom is -0.494 e. The van der Waals surface area contributed by atoms with Crippen LogP contribution < -0.4 is 9.47 Å². The molecule has 0 saturated carbocycles. The van der Waals surface area contributed by atoms with E-state index < -0.39 is 12.6 Å². The van der Waals surface area contributed by atoms with Crippen molar-refractivity contribution < 1.29 is 22.6 Å². The molecule has 0 amide bonds. The Morgan fingerprint density at radius 3 is 2.58 bits per heavy atom. The molecule has 0 fully saturated rings. The number of ether oxygens (including phenoxy) is 2. The summed E-state index contributed by atoms with van der Waals surface area (Å²) < 4.78 is 49.3. The van der Waals surface area contributed by atoms with E-state index in [1.807, 2.05) is 0 Å². The maximum Gasteiger partial charge on any atom is 0.389 e. The van der Waals surface area contributed by atoms with E-state index in [0.717, 1.165) is 0 Å². The number of para-hydroxylation sites is 1. The molecule has 0 saturated heterocycles. The van der Waals surface area contributed by atoms with Crippen LogP contribution >= 0.6 is 11.6 Å². The number of aryl methyl sites for hydroxylation is 1. The first-order valence-corrected chi connectivity index (χ1v) is 8.01. The van der Waals surface area contributed by atoms with Crippen LogP contribution in [0.1, 0.15) is 12.8 Å². The molecule has 10 heteroatoms. The highest BCUT2D eigenvalue weighted by molar-refractivity contribution is 6.34. The fourth-order valence-electron chi connectivity index (χ4n) is 2.40. The maximum atomic E-state index is 12.4. The molecule has 0 unspecified atom stereocenters. The van der Waals surface area contributed by atoms with Crippen LogP contribution in [-0.4, -0.2) is 33.0 Å².